The van der Waals surface area contributed by atoms with Gasteiger partial charge in [0.05, 0.1) is 18.6 Å². The van der Waals surface area contributed by atoms with Crippen LogP contribution in [0.3, 0.4) is 0 Å². The lowest BCUT2D eigenvalue weighted by Crippen LogP contribution is -2.24. The molecule has 0 aliphatic heterocycles. The molecule has 3 rings (SSSR count). The maximum atomic E-state index is 12.2. The highest BCUT2D eigenvalue weighted by Gasteiger charge is 2.11. The summed E-state index contributed by atoms with van der Waals surface area (Å²) in [5.41, 5.74) is 4.49. The van der Waals surface area contributed by atoms with E-state index < -0.39 is 0 Å². The summed E-state index contributed by atoms with van der Waals surface area (Å²) in [6, 6.07) is 14.0. The number of benzene rings is 2. The molecular formula is C21H23N3O2S. The van der Waals surface area contributed by atoms with Crippen LogP contribution >= 0.6 is 11.8 Å². The molecule has 1 aromatic heterocycles. The molecule has 0 atom stereocenters. The topological polar surface area (TPSA) is 56.1 Å². The Balaban J connectivity index is 1.59. The summed E-state index contributed by atoms with van der Waals surface area (Å²) in [5.74, 6) is 1.07. The number of aromatic nitrogens is 2. The van der Waals surface area contributed by atoms with E-state index in [4.69, 9.17) is 4.74 Å². The summed E-state index contributed by atoms with van der Waals surface area (Å²) in [7, 11) is 1.63. The Hall–Kier alpha value is -2.73. The van der Waals surface area contributed by atoms with E-state index in [1.807, 2.05) is 35.0 Å². The number of imidazole rings is 1. The minimum Gasteiger partial charge on any atom is -0.497 e. The van der Waals surface area contributed by atoms with Crippen LogP contribution in [-0.2, 0) is 11.3 Å². The van der Waals surface area contributed by atoms with Gasteiger partial charge in [-0.2, -0.15) is 0 Å². The molecule has 140 valence electrons. The molecule has 0 spiro atoms. The van der Waals surface area contributed by atoms with Crippen LogP contribution in [0.15, 0.2) is 60.0 Å². The fourth-order valence-electron chi connectivity index (χ4n) is 2.82. The van der Waals surface area contributed by atoms with Gasteiger partial charge in [0.2, 0.25) is 5.91 Å². The van der Waals surface area contributed by atoms with E-state index in [0.717, 1.165) is 22.2 Å². The number of carbonyl (C=O) groups is 1. The van der Waals surface area contributed by atoms with Gasteiger partial charge in [0.15, 0.2) is 5.16 Å². The van der Waals surface area contributed by atoms with Crippen molar-refractivity contribution in [1.82, 2.24) is 14.9 Å². The van der Waals surface area contributed by atoms with Crippen molar-refractivity contribution in [2.24, 2.45) is 0 Å². The molecule has 0 radical (unpaired) electrons. The van der Waals surface area contributed by atoms with Crippen LogP contribution in [-0.4, -0.2) is 28.3 Å². The molecule has 0 aliphatic carbocycles. The fraction of sp³-hybridized carbons (Fsp3) is 0.238. The average molecular weight is 382 g/mol. The standard InChI is InChI=1S/C21H23N3O2S/c1-15-7-8-19(16(2)11-15)24-10-9-22-21(24)27-14-20(25)23-13-17-5-4-6-18(12-17)26-3/h4-12H,13-14H2,1-3H3,(H,23,25). The van der Waals surface area contributed by atoms with Gasteiger partial charge in [0.25, 0.3) is 0 Å². The predicted molar refractivity (Wildman–Crippen MR) is 109 cm³/mol. The molecule has 0 bridgehead atoms. The van der Waals surface area contributed by atoms with Crippen LogP contribution in [0.5, 0.6) is 5.75 Å². The lowest BCUT2D eigenvalue weighted by Gasteiger charge is -2.11. The van der Waals surface area contributed by atoms with Gasteiger partial charge in [-0.05, 0) is 43.2 Å². The zero-order valence-electron chi connectivity index (χ0n) is 15.7. The smallest absolute Gasteiger partial charge is 0.230 e. The van der Waals surface area contributed by atoms with Gasteiger partial charge in [-0.3, -0.25) is 9.36 Å². The molecule has 27 heavy (non-hydrogen) atoms. The Morgan fingerprint density at radius 2 is 2.07 bits per heavy atom. The number of methoxy groups -OCH3 is 1. The zero-order valence-corrected chi connectivity index (χ0v) is 16.5. The lowest BCUT2D eigenvalue weighted by atomic mass is 10.1. The van der Waals surface area contributed by atoms with Gasteiger partial charge >= 0.3 is 0 Å². The minimum absolute atomic E-state index is 0.0296. The number of nitrogens with one attached hydrogen (secondary N) is 1. The van der Waals surface area contributed by atoms with Crippen molar-refractivity contribution in [2.75, 3.05) is 12.9 Å². The molecule has 1 N–H and O–H groups in total. The highest BCUT2D eigenvalue weighted by molar-refractivity contribution is 7.99. The average Bonchev–Trinajstić information content (AvgIpc) is 3.13. The van der Waals surface area contributed by atoms with Gasteiger partial charge in [-0.25, -0.2) is 4.98 Å². The molecule has 5 nitrogen and oxygen atoms in total. The molecular weight excluding hydrogens is 358 g/mol. The third-order valence-corrected chi connectivity index (χ3v) is 5.14. The molecule has 1 heterocycles. The van der Waals surface area contributed by atoms with E-state index in [1.165, 1.54) is 22.9 Å². The Kier molecular flexibility index (Phi) is 6.19. The van der Waals surface area contributed by atoms with Gasteiger partial charge in [-0.15, -0.1) is 0 Å². The fourth-order valence-corrected chi connectivity index (χ4v) is 3.62. The third-order valence-electron chi connectivity index (χ3n) is 4.17. The number of thioether (sulfide) groups is 1. The van der Waals surface area contributed by atoms with Crippen molar-refractivity contribution < 1.29 is 9.53 Å². The lowest BCUT2D eigenvalue weighted by molar-refractivity contribution is -0.118. The number of amides is 1. The molecule has 1 amide bonds. The third kappa shape index (κ3) is 4.92. The minimum atomic E-state index is -0.0296. The van der Waals surface area contributed by atoms with E-state index in [-0.39, 0.29) is 5.91 Å². The number of carbonyl (C=O) groups excluding carboxylic acids is 1. The summed E-state index contributed by atoms with van der Waals surface area (Å²) >= 11 is 1.43. The first-order valence-corrected chi connectivity index (χ1v) is 9.69. The SMILES string of the molecule is COc1cccc(CNC(=O)CSc2nccn2-c2ccc(C)cc2C)c1. The van der Waals surface area contributed by atoms with Gasteiger partial charge in [0.1, 0.15) is 5.75 Å². The Morgan fingerprint density at radius 3 is 2.85 bits per heavy atom. The van der Waals surface area contributed by atoms with E-state index in [1.54, 1.807) is 13.3 Å². The van der Waals surface area contributed by atoms with Crippen LogP contribution in [0, 0.1) is 13.8 Å². The van der Waals surface area contributed by atoms with E-state index in [0.29, 0.717) is 12.3 Å². The number of ether oxygens (including phenoxy) is 1. The molecule has 0 aliphatic rings. The molecule has 0 saturated heterocycles. The van der Waals surface area contributed by atoms with Crippen molar-refractivity contribution in [3.8, 4) is 11.4 Å². The van der Waals surface area contributed by atoms with Crippen molar-refractivity contribution in [2.45, 2.75) is 25.5 Å². The summed E-state index contributed by atoms with van der Waals surface area (Å²) < 4.78 is 7.23. The van der Waals surface area contributed by atoms with Gasteiger partial charge in [-0.1, -0.05) is 41.6 Å². The number of rotatable bonds is 7. The number of hydrogen-bond acceptors (Lipinski definition) is 4. The van der Waals surface area contributed by atoms with Crippen LogP contribution in [0.2, 0.25) is 0 Å². The molecule has 3 aromatic rings. The number of nitrogens with zero attached hydrogens (tertiary/aromatic N) is 2. The quantitative estimate of drug-likeness (QED) is 0.631. The van der Waals surface area contributed by atoms with Crippen molar-refractivity contribution >= 4 is 17.7 Å². The summed E-state index contributed by atoms with van der Waals surface area (Å²) in [6.45, 7) is 4.63. The van der Waals surface area contributed by atoms with Crippen LogP contribution in [0.4, 0.5) is 0 Å². The maximum absolute atomic E-state index is 12.2. The van der Waals surface area contributed by atoms with E-state index in [9.17, 15) is 4.79 Å². The number of aryl methyl sites for hydroxylation is 2. The number of hydrogen-bond donors (Lipinski definition) is 1. The summed E-state index contributed by atoms with van der Waals surface area (Å²) in [5, 5.41) is 3.74. The van der Waals surface area contributed by atoms with Crippen molar-refractivity contribution in [3.63, 3.8) is 0 Å². The summed E-state index contributed by atoms with van der Waals surface area (Å²) in [6.07, 6.45) is 3.68. The Labute approximate surface area is 163 Å². The zero-order chi connectivity index (χ0) is 19.2. The van der Waals surface area contributed by atoms with Gasteiger partial charge < -0.3 is 10.1 Å². The highest BCUT2D eigenvalue weighted by atomic mass is 32.2. The first-order valence-electron chi connectivity index (χ1n) is 8.70. The normalized spacial score (nSPS) is 10.6. The molecule has 0 unspecified atom stereocenters. The highest BCUT2D eigenvalue weighted by Crippen LogP contribution is 2.23. The first-order chi connectivity index (χ1) is 13.1. The molecule has 6 heteroatoms. The van der Waals surface area contributed by atoms with Crippen molar-refractivity contribution in [1.29, 1.82) is 0 Å². The largest absolute Gasteiger partial charge is 0.497 e. The predicted octanol–water partition coefficient (Wildman–Crippen LogP) is 3.91. The molecule has 0 fully saturated rings. The summed E-state index contributed by atoms with van der Waals surface area (Å²) in [4.78, 5) is 16.6. The molecule has 0 saturated carbocycles. The second-order valence-electron chi connectivity index (χ2n) is 6.29. The Morgan fingerprint density at radius 1 is 1.22 bits per heavy atom. The van der Waals surface area contributed by atoms with Gasteiger partial charge in [0, 0.05) is 18.9 Å². The van der Waals surface area contributed by atoms with E-state index in [2.05, 4.69) is 42.3 Å². The second kappa shape index (κ2) is 8.77. The van der Waals surface area contributed by atoms with E-state index >= 15 is 0 Å². The monoisotopic (exact) mass is 381 g/mol. The Bertz CT molecular complexity index is 937. The molecule has 2 aromatic carbocycles. The van der Waals surface area contributed by atoms with Crippen LogP contribution < -0.4 is 10.1 Å². The maximum Gasteiger partial charge on any atom is 0.230 e. The van der Waals surface area contributed by atoms with Crippen LogP contribution in [0.25, 0.3) is 5.69 Å². The van der Waals surface area contributed by atoms with Crippen molar-refractivity contribution in [3.05, 3.63) is 71.5 Å². The first kappa shape index (κ1) is 19.0. The second-order valence-corrected chi connectivity index (χ2v) is 7.23. The van der Waals surface area contributed by atoms with Crippen LogP contribution in [0.1, 0.15) is 16.7 Å².